The van der Waals surface area contributed by atoms with Crippen molar-refractivity contribution in [1.29, 1.82) is 0 Å². The minimum absolute atomic E-state index is 0.0290. The average Bonchev–Trinajstić information content (AvgIpc) is 2.94. The molecule has 0 spiro atoms. The first-order valence-corrected chi connectivity index (χ1v) is 11.8. The molecule has 0 bridgehead atoms. The number of aryl methyl sites for hydroxylation is 1. The first-order valence-electron chi connectivity index (χ1n) is 8.61. The highest BCUT2D eigenvalue weighted by molar-refractivity contribution is 7.89. The third kappa shape index (κ3) is 4.02. The molecular formula is C14H24ClN5O5S2. The van der Waals surface area contributed by atoms with E-state index in [-0.39, 0.29) is 61.7 Å². The molecule has 2 aliphatic heterocycles. The summed E-state index contributed by atoms with van der Waals surface area (Å²) in [5.41, 5.74) is 0. The van der Waals surface area contributed by atoms with E-state index in [4.69, 9.17) is 16.3 Å². The van der Waals surface area contributed by atoms with E-state index in [1.54, 1.807) is 7.05 Å². The van der Waals surface area contributed by atoms with Gasteiger partial charge in [-0.2, -0.15) is 21.3 Å². The third-order valence-corrected chi connectivity index (χ3v) is 9.01. The summed E-state index contributed by atoms with van der Waals surface area (Å²) in [5, 5.41) is -0.180. The van der Waals surface area contributed by atoms with Crippen LogP contribution in [-0.2, 0) is 32.0 Å². The van der Waals surface area contributed by atoms with Crippen LogP contribution in [0.15, 0.2) is 11.4 Å². The van der Waals surface area contributed by atoms with Crippen molar-refractivity contribution in [2.45, 2.75) is 31.1 Å². The molecule has 27 heavy (non-hydrogen) atoms. The molecule has 2 unspecified atom stereocenters. The second-order valence-corrected chi connectivity index (χ2v) is 11.0. The molecule has 3 rings (SSSR count). The Morgan fingerprint density at radius 3 is 2.00 bits per heavy atom. The minimum Gasteiger partial charge on any atom is -0.373 e. The van der Waals surface area contributed by atoms with Crippen LogP contribution in [-0.4, -0.2) is 90.8 Å². The third-order valence-electron chi connectivity index (χ3n) is 4.65. The topological polar surface area (TPSA) is 105 Å². The molecule has 2 fully saturated rings. The molecule has 10 nitrogen and oxygen atoms in total. The van der Waals surface area contributed by atoms with E-state index in [0.29, 0.717) is 0 Å². The number of ether oxygens (including phenoxy) is 1. The first kappa shape index (κ1) is 21.0. The normalized spacial score (nSPS) is 27.1. The van der Waals surface area contributed by atoms with Gasteiger partial charge in [-0.15, -0.1) is 0 Å². The maximum atomic E-state index is 12.9. The Labute approximate surface area is 164 Å². The number of hydrogen-bond donors (Lipinski definition) is 0. The molecule has 1 aromatic rings. The number of sulfonamides is 1. The zero-order chi connectivity index (χ0) is 20.0. The van der Waals surface area contributed by atoms with E-state index >= 15 is 0 Å². The number of aromatic nitrogens is 2. The maximum absolute atomic E-state index is 12.9. The minimum atomic E-state index is -3.87. The van der Waals surface area contributed by atoms with Gasteiger partial charge >= 0.3 is 0 Å². The predicted octanol–water partition coefficient (Wildman–Crippen LogP) is -0.266. The average molecular weight is 442 g/mol. The molecule has 13 heteroatoms. The zero-order valence-corrected chi connectivity index (χ0v) is 17.8. The summed E-state index contributed by atoms with van der Waals surface area (Å²) in [4.78, 5) is 3.87. The molecule has 154 valence electrons. The molecule has 0 aromatic carbocycles. The number of imidazole rings is 1. The van der Waals surface area contributed by atoms with Crippen molar-refractivity contribution in [2.24, 2.45) is 7.05 Å². The lowest BCUT2D eigenvalue weighted by atomic mass is 10.3. The fraction of sp³-hybridized carbons (Fsp3) is 0.786. The van der Waals surface area contributed by atoms with E-state index in [1.807, 2.05) is 13.8 Å². The van der Waals surface area contributed by atoms with Gasteiger partial charge in [0.15, 0.2) is 0 Å². The van der Waals surface area contributed by atoms with E-state index in [1.165, 1.54) is 23.8 Å². The van der Waals surface area contributed by atoms with Gasteiger partial charge < -0.3 is 9.30 Å². The number of hydrogen-bond acceptors (Lipinski definition) is 6. The van der Waals surface area contributed by atoms with Crippen molar-refractivity contribution in [3.05, 3.63) is 11.5 Å². The Bertz CT molecular complexity index is 885. The fourth-order valence-corrected chi connectivity index (χ4v) is 6.87. The lowest BCUT2D eigenvalue weighted by Gasteiger charge is -2.39. The Balaban J connectivity index is 1.70. The fourth-order valence-electron chi connectivity index (χ4n) is 3.31. The summed E-state index contributed by atoms with van der Waals surface area (Å²) in [7, 11) is -5.94. The summed E-state index contributed by atoms with van der Waals surface area (Å²) >= 11 is 6.01. The second-order valence-electron chi connectivity index (χ2n) is 6.84. The maximum Gasteiger partial charge on any atom is 0.282 e. The monoisotopic (exact) mass is 441 g/mol. The number of halogens is 1. The summed E-state index contributed by atoms with van der Waals surface area (Å²) < 4.78 is 62.2. The van der Waals surface area contributed by atoms with Gasteiger partial charge in [-0.25, -0.2) is 13.4 Å². The molecule has 2 atom stereocenters. The molecule has 2 aliphatic rings. The summed E-state index contributed by atoms with van der Waals surface area (Å²) in [6.45, 7) is 4.48. The van der Waals surface area contributed by atoms with Gasteiger partial charge in [-0.3, -0.25) is 0 Å². The zero-order valence-electron chi connectivity index (χ0n) is 15.4. The van der Waals surface area contributed by atoms with Crippen LogP contribution < -0.4 is 0 Å². The Kier molecular flexibility index (Phi) is 5.88. The van der Waals surface area contributed by atoms with Crippen LogP contribution in [0.25, 0.3) is 0 Å². The van der Waals surface area contributed by atoms with Gasteiger partial charge in [0.2, 0.25) is 5.03 Å². The number of nitrogens with zero attached hydrogens (tertiary/aromatic N) is 5. The lowest BCUT2D eigenvalue weighted by Crippen LogP contribution is -2.57. The van der Waals surface area contributed by atoms with Crippen molar-refractivity contribution in [3.63, 3.8) is 0 Å². The van der Waals surface area contributed by atoms with Crippen LogP contribution in [0, 0.1) is 0 Å². The molecular weight excluding hydrogens is 418 g/mol. The highest BCUT2D eigenvalue weighted by Crippen LogP contribution is 2.25. The molecule has 0 saturated carbocycles. The van der Waals surface area contributed by atoms with E-state index in [9.17, 15) is 16.8 Å². The Morgan fingerprint density at radius 2 is 1.52 bits per heavy atom. The van der Waals surface area contributed by atoms with E-state index < -0.39 is 20.2 Å². The second kappa shape index (κ2) is 7.58. The van der Waals surface area contributed by atoms with Crippen molar-refractivity contribution in [1.82, 2.24) is 22.5 Å². The van der Waals surface area contributed by atoms with E-state index in [2.05, 4.69) is 4.98 Å². The van der Waals surface area contributed by atoms with Gasteiger partial charge in [0.05, 0.1) is 18.5 Å². The predicted molar refractivity (Wildman–Crippen MR) is 99.1 cm³/mol. The summed E-state index contributed by atoms with van der Waals surface area (Å²) in [6.07, 6.45) is 0.962. The summed E-state index contributed by atoms with van der Waals surface area (Å²) in [6, 6.07) is 0. The molecule has 0 aliphatic carbocycles. The van der Waals surface area contributed by atoms with Gasteiger partial charge in [-0.05, 0) is 13.8 Å². The molecule has 3 heterocycles. The van der Waals surface area contributed by atoms with Crippen LogP contribution in [0.2, 0.25) is 5.15 Å². The van der Waals surface area contributed by atoms with Crippen molar-refractivity contribution < 1.29 is 21.6 Å². The smallest absolute Gasteiger partial charge is 0.282 e. The van der Waals surface area contributed by atoms with Crippen LogP contribution in [0.3, 0.4) is 0 Å². The SMILES string of the molecule is CC1CN(S(=O)(=O)N2CCN(S(=O)(=O)c3ncn(C)c3Cl)CC2)CC(C)O1. The van der Waals surface area contributed by atoms with Gasteiger partial charge in [-0.1, -0.05) is 11.6 Å². The Morgan fingerprint density at radius 1 is 1.00 bits per heavy atom. The molecule has 0 amide bonds. The highest BCUT2D eigenvalue weighted by atomic mass is 35.5. The summed E-state index contributed by atoms with van der Waals surface area (Å²) in [5.74, 6) is 0. The molecule has 2 saturated heterocycles. The molecule has 1 aromatic heterocycles. The van der Waals surface area contributed by atoms with Crippen LogP contribution >= 0.6 is 11.6 Å². The first-order chi connectivity index (χ1) is 12.5. The van der Waals surface area contributed by atoms with Crippen LogP contribution in [0.1, 0.15) is 13.8 Å². The van der Waals surface area contributed by atoms with Crippen molar-refractivity contribution in [2.75, 3.05) is 39.3 Å². The van der Waals surface area contributed by atoms with Gasteiger partial charge in [0.25, 0.3) is 20.2 Å². The van der Waals surface area contributed by atoms with Gasteiger partial charge in [0, 0.05) is 46.3 Å². The van der Waals surface area contributed by atoms with E-state index in [0.717, 1.165) is 0 Å². The largest absolute Gasteiger partial charge is 0.373 e. The quantitative estimate of drug-likeness (QED) is 0.637. The molecule has 0 radical (unpaired) electrons. The van der Waals surface area contributed by atoms with Crippen LogP contribution in [0.4, 0.5) is 0 Å². The van der Waals surface area contributed by atoms with Gasteiger partial charge in [0.1, 0.15) is 5.15 Å². The van der Waals surface area contributed by atoms with Crippen molar-refractivity contribution >= 4 is 31.8 Å². The number of rotatable bonds is 4. The Hall–Kier alpha value is -0.760. The van der Waals surface area contributed by atoms with Crippen molar-refractivity contribution in [3.8, 4) is 0 Å². The lowest BCUT2D eigenvalue weighted by molar-refractivity contribution is -0.0456. The standard InChI is InChI=1S/C14H24ClN5O5S2/c1-11-8-20(9-12(2)25-11)27(23,24)19-6-4-18(5-7-19)26(21,22)14-13(15)17(3)10-16-14/h10-12H,4-9H2,1-3H3. The number of morpholine rings is 1. The van der Waals surface area contributed by atoms with Crippen LogP contribution in [0.5, 0.6) is 0 Å². The number of piperazine rings is 1. The molecule has 0 N–H and O–H groups in total. The highest BCUT2D eigenvalue weighted by Gasteiger charge is 2.39.